The summed E-state index contributed by atoms with van der Waals surface area (Å²) in [7, 11) is -5.59. The van der Waals surface area contributed by atoms with E-state index in [0.717, 1.165) is 0 Å². The van der Waals surface area contributed by atoms with Crippen LogP contribution in [0.5, 0.6) is 0 Å². The van der Waals surface area contributed by atoms with E-state index in [0.29, 0.717) is 0 Å². The first-order valence-corrected chi connectivity index (χ1v) is 23.4. The largest absolute Gasteiger partial charge is 2.00 e. The number of fused-ring (bicyclic) bond motifs is 2. The van der Waals surface area contributed by atoms with Gasteiger partial charge in [-0.25, -0.2) is 0 Å². The van der Waals surface area contributed by atoms with Crippen molar-refractivity contribution in [2.75, 3.05) is 26.7 Å². The molecule has 2 aliphatic carbocycles. The van der Waals surface area contributed by atoms with Crippen molar-refractivity contribution < 1.29 is 51.0 Å². The van der Waals surface area contributed by atoms with Crippen LogP contribution in [0.15, 0.2) is 46.1 Å². The fourth-order valence-electron chi connectivity index (χ4n) is 10.0. The zero-order chi connectivity index (χ0) is 26.9. The Labute approximate surface area is 272 Å². The van der Waals surface area contributed by atoms with Crippen LogP contribution in [-0.2, 0) is 26.2 Å². The zero-order valence-electron chi connectivity index (χ0n) is 27.0. The Morgan fingerprint density at radius 2 is 0.895 bits per heavy atom. The zero-order valence-corrected chi connectivity index (χ0v) is 35.1. The summed E-state index contributed by atoms with van der Waals surface area (Å²) < 4.78 is 6.18. The summed E-state index contributed by atoms with van der Waals surface area (Å²) in [5, 5.41) is 4.02. The fourth-order valence-corrected chi connectivity index (χ4v) is 36.7. The molecule has 2 nitrogen and oxygen atoms in total. The number of hydrogen-bond acceptors (Lipinski definition) is 2. The van der Waals surface area contributed by atoms with Crippen molar-refractivity contribution in [2.45, 2.75) is 103 Å². The van der Waals surface area contributed by atoms with Crippen LogP contribution in [0.3, 0.4) is 0 Å². The first-order valence-electron chi connectivity index (χ1n) is 13.6. The van der Waals surface area contributed by atoms with Crippen LogP contribution in [0.1, 0.15) is 69.2 Å². The van der Waals surface area contributed by atoms with Crippen LogP contribution in [0.2, 0.25) is 23.2 Å². The predicted molar refractivity (Wildman–Crippen MR) is 170 cm³/mol. The third kappa shape index (κ3) is 4.53. The molecule has 0 radical (unpaired) electrons. The van der Waals surface area contributed by atoms with Gasteiger partial charge in [0, 0.05) is 11.1 Å². The fraction of sp³-hybridized carbons (Fsp3) is 0.724. The molecule has 0 aromatic heterocycles. The van der Waals surface area contributed by atoms with Crippen molar-refractivity contribution in [1.29, 1.82) is 0 Å². The Morgan fingerprint density at radius 1 is 0.632 bits per heavy atom. The molecule has 0 amide bonds. The van der Waals surface area contributed by atoms with E-state index in [1.807, 2.05) is 10.6 Å². The van der Waals surface area contributed by atoms with Crippen molar-refractivity contribution in [2.24, 2.45) is 5.41 Å². The Hall–Kier alpha value is 1.64. The Bertz CT molecular complexity index is 1020. The average molecular weight is 711 g/mol. The molecular formula is C29H54Cl2N2P2Si2Zr+2. The van der Waals surface area contributed by atoms with Gasteiger partial charge in [0.25, 0.3) is 0 Å². The molecule has 0 saturated carbocycles. The summed E-state index contributed by atoms with van der Waals surface area (Å²) in [6.07, 6.45) is 10.9. The maximum atomic E-state index is 3.09. The van der Waals surface area contributed by atoms with Gasteiger partial charge in [0.2, 0.25) is 0 Å². The first-order chi connectivity index (χ1) is 15.5. The summed E-state index contributed by atoms with van der Waals surface area (Å²) in [6, 6.07) is 0. The van der Waals surface area contributed by atoms with E-state index in [9.17, 15) is 0 Å². The van der Waals surface area contributed by atoms with Gasteiger partial charge in [-0.3, -0.25) is 0 Å². The summed E-state index contributed by atoms with van der Waals surface area (Å²) in [6.45, 7) is 41.0. The van der Waals surface area contributed by atoms with E-state index >= 15 is 0 Å². The van der Waals surface area contributed by atoms with Gasteiger partial charge in [0.05, 0.1) is 62.2 Å². The van der Waals surface area contributed by atoms with Gasteiger partial charge in [-0.1, -0.05) is 50.2 Å². The molecule has 9 heteroatoms. The van der Waals surface area contributed by atoms with E-state index in [2.05, 4.69) is 142 Å². The van der Waals surface area contributed by atoms with Gasteiger partial charge in [-0.15, -0.1) is 0 Å². The van der Waals surface area contributed by atoms with E-state index < -0.39 is 32.7 Å². The Kier molecular flexibility index (Phi) is 10.6. The van der Waals surface area contributed by atoms with Crippen molar-refractivity contribution >= 4 is 32.7 Å². The van der Waals surface area contributed by atoms with Gasteiger partial charge in [0.15, 0.2) is 17.9 Å². The van der Waals surface area contributed by atoms with Gasteiger partial charge in [-0.05, 0) is 73.0 Å². The molecule has 2 fully saturated rings. The molecule has 0 aromatic rings. The molecule has 4 unspecified atom stereocenters. The monoisotopic (exact) mass is 708 g/mol. The molecule has 38 heavy (non-hydrogen) atoms. The second kappa shape index (κ2) is 10.7. The van der Waals surface area contributed by atoms with Crippen LogP contribution in [0.4, 0.5) is 0 Å². The SMILES string of the molecule is CC1=CC2(C(C)(C)C34C=C(C)C=C3[P+](C)(C)N(C(C)(C)C)[SiH]4C)C(=C1)[P+](C)(C)N(C(C)(C)C)[SiH]2C.[Cl-].[Cl-].[Zr+2]. The molecule has 4 rings (SSSR count). The van der Waals surface area contributed by atoms with Gasteiger partial charge < -0.3 is 24.8 Å². The third-order valence-corrected chi connectivity index (χ3v) is 31.0. The molecule has 4 atom stereocenters. The topological polar surface area (TPSA) is 6.48 Å². The summed E-state index contributed by atoms with van der Waals surface area (Å²) in [5.74, 6) is 0. The number of allylic oxidation sites excluding steroid dienone is 8. The Balaban J connectivity index is 0.00000241. The minimum Gasteiger partial charge on any atom is -1.00 e. The normalized spacial score (nSPS) is 34.2. The van der Waals surface area contributed by atoms with Crippen molar-refractivity contribution in [3.8, 4) is 0 Å². The van der Waals surface area contributed by atoms with Crippen molar-refractivity contribution in [3.05, 3.63) is 46.1 Å². The third-order valence-electron chi connectivity index (χ3n) is 10.2. The molecule has 0 aromatic carbocycles. The smallest absolute Gasteiger partial charge is 1.00 e. The summed E-state index contributed by atoms with van der Waals surface area (Å²) in [5.41, 5.74) is 3.59. The van der Waals surface area contributed by atoms with E-state index in [4.69, 9.17) is 0 Å². The van der Waals surface area contributed by atoms with E-state index in [1.165, 1.54) is 11.1 Å². The van der Waals surface area contributed by atoms with Crippen LogP contribution >= 0.6 is 14.8 Å². The maximum Gasteiger partial charge on any atom is 2.00 e. The molecule has 0 spiro atoms. The van der Waals surface area contributed by atoms with Crippen LogP contribution in [0, 0.1) is 5.41 Å². The number of nitrogens with zero attached hydrogens (tertiary/aromatic N) is 2. The molecule has 214 valence electrons. The Morgan fingerprint density at radius 3 is 1.13 bits per heavy atom. The van der Waals surface area contributed by atoms with E-state index in [1.54, 1.807) is 0 Å². The minimum atomic E-state index is -1.40. The molecule has 2 aliphatic heterocycles. The predicted octanol–water partition coefficient (Wildman–Crippen LogP) is 2.51. The van der Waals surface area contributed by atoms with Crippen molar-refractivity contribution in [3.63, 3.8) is 0 Å². The molecule has 4 aliphatic rings. The molecule has 2 heterocycles. The van der Waals surface area contributed by atoms with Crippen LogP contribution in [-0.4, -0.2) is 64.3 Å². The summed E-state index contributed by atoms with van der Waals surface area (Å²) >= 11 is 0. The van der Waals surface area contributed by atoms with Gasteiger partial charge in [-0.2, -0.15) is 8.67 Å². The second-order valence-corrected chi connectivity index (χ2v) is 29.2. The second-order valence-electron chi connectivity index (χ2n) is 15.4. The minimum absolute atomic E-state index is 0. The number of rotatable bonds is 2. The standard InChI is InChI=1S/C29H54N2P2Si2.2ClH.Zr/c1-21-17-23-28(19-21,34(15)30(25(3,4)5)32(23,11)12)27(9,10)29-20-22(2)18-24(29)33(13,14)31(35(29)16)26(6,7)8;;;/h17-20,34-35H,1-16H3;2*1H;/q+2;;;+2/p-2. The quantitative estimate of drug-likeness (QED) is 0.322. The molecule has 2 saturated heterocycles. The van der Waals surface area contributed by atoms with Gasteiger partial charge in [0.1, 0.15) is 0 Å². The molecular weight excluding hydrogens is 657 g/mol. The first kappa shape index (κ1) is 37.7. The number of hydrogen-bond donors (Lipinski definition) is 0. The average Bonchev–Trinajstić information content (AvgIpc) is 3.26. The van der Waals surface area contributed by atoms with Gasteiger partial charge >= 0.3 is 26.2 Å². The van der Waals surface area contributed by atoms with Crippen molar-refractivity contribution in [1.82, 2.24) is 8.67 Å². The maximum absolute atomic E-state index is 3.09. The van der Waals surface area contributed by atoms with Crippen LogP contribution in [0.25, 0.3) is 0 Å². The van der Waals surface area contributed by atoms with E-state index in [-0.39, 0.29) is 77.6 Å². The number of halogens is 2. The summed E-state index contributed by atoms with van der Waals surface area (Å²) in [4.78, 5) is 0. The molecule has 0 N–H and O–H groups in total. The molecule has 0 bridgehead atoms. The van der Waals surface area contributed by atoms with Crippen LogP contribution < -0.4 is 24.8 Å².